The highest BCUT2D eigenvalue weighted by Gasteiger charge is 2.70. The first-order valence-electron chi connectivity index (χ1n) is 12.3. The predicted octanol–water partition coefficient (Wildman–Crippen LogP) is 4.16. The quantitative estimate of drug-likeness (QED) is 0.771. The van der Waals surface area contributed by atoms with Crippen LogP contribution in [-0.2, 0) is 11.1 Å². The lowest BCUT2D eigenvalue weighted by Gasteiger charge is -2.74. The van der Waals surface area contributed by atoms with Gasteiger partial charge in [-0.1, -0.05) is 0 Å². The molecule has 2 aromatic rings. The summed E-state index contributed by atoms with van der Waals surface area (Å²) >= 11 is 0. The van der Waals surface area contributed by atoms with Gasteiger partial charge in [0.25, 0.3) is 0 Å². The van der Waals surface area contributed by atoms with Crippen LogP contribution in [0.15, 0.2) is 25.3 Å². The van der Waals surface area contributed by atoms with E-state index in [0.717, 1.165) is 23.7 Å². The van der Waals surface area contributed by atoms with Crippen molar-refractivity contribution in [3.63, 3.8) is 0 Å². The van der Waals surface area contributed by atoms with Gasteiger partial charge in [0.05, 0.1) is 0 Å². The fourth-order valence-electron chi connectivity index (χ4n) is 11.2. The van der Waals surface area contributed by atoms with Crippen LogP contribution < -0.4 is 0 Å². The van der Waals surface area contributed by atoms with E-state index in [0.29, 0.717) is 21.9 Å². The van der Waals surface area contributed by atoms with Crippen molar-refractivity contribution in [3.05, 3.63) is 25.3 Å². The SMILES string of the molecule is c1nncn1C12C[C@H]3C[C@@H](C1)CC(C14C[C@@H]5C[C@@H](CC(n6cnnc6)(C5)C1)C4)(C3)C2. The van der Waals surface area contributed by atoms with Crippen LogP contribution in [0.1, 0.15) is 77.0 Å². The Morgan fingerprint density at radius 1 is 0.500 bits per heavy atom. The molecule has 0 aliphatic heterocycles. The van der Waals surface area contributed by atoms with E-state index >= 15 is 0 Å². The molecule has 2 aromatic heterocycles. The molecule has 0 saturated heterocycles. The highest BCUT2D eigenvalue weighted by atomic mass is 15.3. The first-order chi connectivity index (χ1) is 14.6. The van der Waals surface area contributed by atoms with Gasteiger partial charge in [-0.05, 0) is 112 Å². The fourth-order valence-corrected chi connectivity index (χ4v) is 11.2. The summed E-state index contributed by atoms with van der Waals surface area (Å²) in [6, 6.07) is 0. The number of rotatable bonds is 3. The average Bonchev–Trinajstić information content (AvgIpc) is 3.41. The molecule has 8 fully saturated rings. The molecule has 158 valence electrons. The van der Waals surface area contributed by atoms with Crippen LogP contribution in [0.5, 0.6) is 0 Å². The van der Waals surface area contributed by atoms with Gasteiger partial charge in [-0.3, -0.25) is 0 Å². The maximum absolute atomic E-state index is 4.23. The third-order valence-electron chi connectivity index (χ3n) is 11.1. The Labute approximate surface area is 177 Å². The van der Waals surface area contributed by atoms with Crippen LogP contribution in [0.3, 0.4) is 0 Å². The molecular weight excluding hydrogens is 372 g/mol. The molecule has 0 spiro atoms. The second-order valence-electron chi connectivity index (χ2n) is 12.7. The van der Waals surface area contributed by atoms with Gasteiger partial charge in [0.1, 0.15) is 25.3 Å². The second-order valence-corrected chi connectivity index (χ2v) is 12.7. The van der Waals surface area contributed by atoms with Gasteiger partial charge >= 0.3 is 0 Å². The van der Waals surface area contributed by atoms with E-state index in [4.69, 9.17) is 0 Å². The molecule has 8 aliphatic rings. The van der Waals surface area contributed by atoms with Gasteiger partial charge in [0.2, 0.25) is 0 Å². The Kier molecular flexibility index (Phi) is 2.92. The van der Waals surface area contributed by atoms with Crippen LogP contribution in [0, 0.1) is 34.5 Å². The van der Waals surface area contributed by atoms with Crippen molar-refractivity contribution in [2.24, 2.45) is 34.5 Å². The van der Waals surface area contributed by atoms with Crippen molar-refractivity contribution in [2.75, 3.05) is 0 Å². The van der Waals surface area contributed by atoms with Crippen molar-refractivity contribution in [2.45, 2.75) is 88.1 Å². The van der Waals surface area contributed by atoms with E-state index in [1.165, 1.54) is 77.0 Å². The van der Waals surface area contributed by atoms with E-state index in [1.54, 1.807) is 0 Å². The Balaban J connectivity index is 1.26. The fraction of sp³-hybridized carbons (Fsp3) is 0.833. The highest BCUT2D eigenvalue weighted by Crippen LogP contribution is 2.77. The lowest BCUT2D eigenvalue weighted by Crippen LogP contribution is -2.67. The number of nitrogens with zero attached hydrogens (tertiary/aromatic N) is 6. The lowest BCUT2D eigenvalue weighted by molar-refractivity contribution is -0.230. The molecule has 10 rings (SSSR count). The Bertz CT molecular complexity index is 869. The highest BCUT2D eigenvalue weighted by molar-refractivity contribution is 5.21. The van der Waals surface area contributed by atoms with Crippen LogP contribution in [0.25, 0.3) is 0 Å². The molecule has 0 aromatic carbocycles. The zero-order valence-corrected chi connectivity index (χ0v) is 17.8. The molecule has 6 heteroatoms. The summed E-state index contributed by atoms with van der Waals surface area (Å²) in [4.78, 5) is 0. The molecular formula is C24H32N6. The Morgan fingerprint density at radius 2 is 0.833 bits per heavy atom. The minimum absolute atomic E-state index is 0.292. The van der Waals surface area contributed by atoms with Crippen LogP contribution in [0.4, 0.5) is 0 Å². The Hall–Kier alpha value is -1.72. The molecule has 8 aliphatic carbocycles. The van der Waals surface area contributed by atoms with E-state index in [1.807, 2.05) is 25.3 Å². The zero-order valence-electron chi connectivity index (χ0n) is 17.8. The first-order valence-corrected chi connectivity index (χ1v) is 12.3. The lowest BCUT2D eigenvalue weighted by atomic mass is 9.33. The van der Waals surface area contributed by atoms with E-state index in [-0.39, 0.29) is 0 Å². The van der Waals surface area contributed by atoms with Crippen molar-refractivity contribution in [1.29, 1.82) is 0 Å². The largest absolute Gasteiger partial charge is 0.314 e. The van der Waals surface area contributed by atoms with Crippen molar-refractivity contribution < 1.29 is 0 Å². The van der Waals surface area contributed by atoms with Gasteiger partial charge < -0.3 is 9.13 Å². The standard InChI is InChI=1S/C24H32N6/c1-17-3-21(4-18(1)8-23(7-17,11-21)29-13-25-26-14-29)22-5-19-2-20(6-22)10-24(9-19,12-22)30-15-27-28-16-30/h13-20H,1-12H2/t17-,18+,19-,20+,21?,22?,23?,24?. The normalized spacial score (nSPS) is 52.9. The molecule has 0 amide bonds. The van der Waals surface area contributed by atoms with Crippen LogP contribution in [0.2, 0.25) is 0 Å². The molecule has 8 saturated carbocycles. The summed E-state index contributed by atoms with van der Waals surface area (Å²) in [7, 11) is 0. The molecule has 0 radical (unpaired) electrons. The molecule has 8 bridgehead atoms. The van der Waals surface area contributed by atoms with Crippen molar-refractivity contribution >= 4 is 0 Å². The van der Waals surface area contributed by atoms with Crippen molar-refractivity contribution in [1.82, 2.24) is 29.5 Å². The van der Waals surface area contributed by atoms with Gasteiger partial charge in [-0.2, -0.15) is 0 Å². The number of hydrogen-bond acceptors (Lipinski definition) is 4. The second kappa shape index (κ2) is 5.18. The predicted molar refractivity (Wildman–Crippen MR) is 110 cm³/mol. The van der Waals surface area contributed by atoms with Gasteiger partial charge in [-0.15, -0.1) is 20.4 Å². The van der Waals surface area contributed by atoms with Crippen LogP contribution >= 0.6 is 0 Å². The Morgan fingerprint density at radius 3 is 1.17 bits per heavy atom. The molecule has 2 heterocycles. The van der Waals surface area contributed by atoms with Gasteiger partial charge in [0, 0.05) is 11.1 Å². The zero-order chi connectivity index (χ0) is 19.6. The smallest absolute Gasteiger partial charge is 0.119 e. The third-order valence-corrected chi connectivity index (χ3v) is 11.1. The number of aromatic nitrogens is 6. The third kappa shape index (κ3) is 1.93. The van der Waals surface area contributed by atoms with E-state index < -0.39 is 0 Å². The summed E-state index contributed by atoms with van der Waals surface area (Å²) in [6.45, 7) is 0. The van der Waals surface area contributed by atoms with E-state index in [9.17, 15) is 0 Å². The first kappa shape index (κ1) is 16.9. The summed E-state index contributed by atoms with van der Waals surface area (Å²) in [5.41, 5.74) is 1.64. The maximum Gasteiger partial charge on any atom is 0.119 e. The van der Waals surface area contributed by atoms with Gasteiger partial charge in [-0.25, -0.2) is 0 Å². The number of hydrogen-bond donors (Lipinski definition) is 0. The molecule has 30 heavy (non-hydrogen) atoms. The van der Waals surface area contributed by atoms with Gasteiger partial charge in [0.15, 0.2) is 0 Å². The van der Waals surface area contributed by atoms with Crippen molar-refractivity contribution in [3.8, 4) is 0 Å². The average molecular weight is 405 g/mol. The molecule has 6 nitrogen and oxygen atoms in total. The monoisotopic (exact) mass is 404 g/mol. The summed E-state index contributed by atoms with van der Waals surface area (Å²) in [6.07, 6.45) is 25.2. The summed E-state index contributed by atoms with van der Waals surface area (Å²) in [5, 5.41) is 16.9. The molecule has 0 N–H and O–H groups in total. The topological polar surface area (TPSA) is 61.4 Å². The maximum atomic E-state index is 4.23. The minimum atomic E-state index is 0.292. The summed E-state index contributed by atoms with van der Waals surface area (Å²) in [5.74, 6) is 3.64. The molecule has 8 atom stereocenters. The minimum Gasteiger partial charge on any atom is -0.314 e. The van der Waals surface area contributed by atoms with Crippen LogP contribution in [-0.4, -0.2) is 29.5 Å². The summed E-state index contributed by atoms with van der Waals surface area (Å²) < 4.78 is 4.88. The molecule has 4 unspecified atom stereocenters. The van der Waals surface area contributed by atoms with E-state index in [2.05, 4.69) is 29.5 Å².